The van der Waals surface area contributed by atoms with E-state index < -0.39 is 11.7 Å². The van der Waals surface area contributed by atoms with Crippen LogP contribution in [0.25, 0.3) is 32.6 Å². The Labute approximate surface area is 170 Å². The molecule has 2 N–H and O–H groups in total. The average molecular weight is 406 g/mol. The van der Waals surface area contributed by atoms with Gasteiger partial charge >= 0.3 is 0 Å². The molecule has 1 fully saturated rings. The third-order valence-electron chi connectivity index (χ3n) is 5.20. The van der Waals surface area contributed by atoms with E-state index >= 15 is 0 Å². The number of thiazole rings is 1. The highest BCUT2D eigenvalue weighted by Gasteiger charge is 2.42. The van der Waals surface area contributed by atoms with Crippen LogP contribution in [0.1, 0.15) is 12.2 Å². The van der Waals surface area contributed by atoms with Crippen molar-refractivity contribution >= 4 is 21.6 Å². The number of aliphatic hydroxyl groups excluding tert-OH is 1. The number of hydrogen-bond donors (Lipinski definition) is 2. The second kappa shape index (κ2) is 7.23. The van der Waals surface area contributed by atoms with Gasteiger partial charge in [0.05, 0.1) is 28.0 Å². The van der Waals surface area contributed by atoms with E-state index in [1.54, 1.807) is 29.9 Å². The number of aliphatic hydroxyl groups is 2. The van der Waals surface area contributed by atoms with Crippen LogP contribution in [0.3, 0.4) is 0 Å². The number of ether oxygens (including phenoxy) is 1. The summed E-state index contributed by atoms with van der Waals surface area (Å²) in [5, 5.41) is 21.0. The molecule has 0 spiro atoms. The summed E-state index contributed by atoms with van der Waals surface area (Å²) in [4.78, 5) is 17.7. The largest absolute Gasteiger partial charge is 0.387 e. The summed E-state index contributed by atoms with van der Waals surface area (Å²) in [5.74, 6) is 0.205. The molecular weight excluding hydrogens is 388 g/mol. The maximum Gasteiger partial charge on any atom is 0.162 e. The monoisotopic (exact) mass is 406 g/mol. The van der Waals surface area contributed by atoms with Crippen molar-refractivity contribution in [2.45, 2.75) is 18.1 Å². The van der Waals surface area contributed by atoms with Crippen LogP contribution in [0, 0.1) is 0 Å². The molecule has 0 aliphatic carbocycles. The van der Waals surface area contributed by atoms with Crippen molar-refractivity contribution in [2.24, 2.45) is 0 Å². The Kier molecular flexibility index (Phi) is 4.56. The van der Waals surface area contributed by atoms with Gasteiger partial charge in [-0.05, 0) is 29.8 Å². The van der Waals surface area contributed by atoms with Crippen LogP contribution in [0.15, 0.2) is 54.4 Å². The fraction of sp³-hybridized carbons (Fsp3) is 0.238. The van der Waals surface area contributed by atoms with Gasteiger partial charge in [0.2, 0.25) is 0 Å². The zero-order chi connectivity index (χ0) is 19.8. The number of benzene rings is 1. The van der Waals surface area contributed by atoms with Crippen LogP contribution in [-0.4, -0.2) is 49.5 Å². The molecule has 1 aromatic carbocycles. The maximum absolute atomic E-state index is 10.8. The minimum atomic E-state index is -1.49. The van der Waals surface area contributed by atoms with E-state index in [4.69, 9.17) is 4.74 Å². The fourth-order valence-corrected chi connectivity index (χ4v) is 4.33. The van der Waals surface area contributed by atoms with Crippen LogP contribution in [0.2, 0.25) is 0 Å². The molecule has 4 heterocycles. The highest BCUT2D eigenvalue weighted by atomic mass is 32.1. The lowest BCUT2D eigenvalue weighted by molar-refractivity contribution is -0.162. The van der Waals surface area contributed by atoms with Crippen LogP contribution >= 0.6 is 11.3 Å². The quantitative estimate of drug-likeness (QED) is 0.539. The van der Waals surface area contributed by atoms with E-state index in [2.05, 4.69) is 26.0 Å². The summed E-state index contributed by atoms with van der Waals surface area (Å²) < 4.78 is 6.28. The van der Waals surface area contributed by atoms with E-state index in [1.807, 2.05) is 29.8 Å². The van der Waals surface area contributed by atoms with Crippen molar-refractivity contribution in [3.63, 3.8) is 0 Å². The van der Waals surface area contributed by atoms with E-state index in [1.165, 1.54) is 0 Å². The molecule has 0 amide bonds. The van der Waals surface area contributed by atoms with Gasteiger partial charge < -0.3 is 14.9 Å². The first kappa shape index (κ1) is 18.3. The summed E-state index contributed by atoms with van der Waals surface area (Å²) in [7, 11) is 0. The predicted molar refractivity (Wildman–Crippen MR) is 109 cm³/mol. The topological polar surface area (TPSA) is 101 Å². The second-order valence-corrected chi connectivity index (χ2v) is 7.85. The zero-order valence-corrected chi connectivity index (χ0v) is 16.2. The van der Waals surface area contributed by atoms with Gasteiger partial charge in [0.25, 0.3) is 0 Å². The van der Waals surface area contributed by atoms with Crippen molar-refractivity contribution in [3.05, 3.63) is 60.3 Å². The molecule has 0 saturated carbocycles. The van der Waals surface area contributed by atoms with Crippen molar-refractivity contribution in [1.82, 2.24) is 19.9 Å². The molecule has 4 aromatic rings. The lowest BCUT2D eigenvalue weighted by Gasteiger charge is -2.35. The molecule has 29 heavy (non-hydrogen) atoms. The van der Waals surface area contributed by atoms with Gasteiger partial charge in [-0.2, -0.15) is 0 Å². The molecule has 2 unspecified atom stereocenters. The third-order valence-corrected chi connectivity index (χ3v) is 6.07. The lowest BCUT2D eigenvalue weighted by Crippen LogP contribution is -2.48. The summed E-state index contributed by atoms with van der Waals surface area (Å²) in [6, 6.07) is 9.87. The molecule has 7 nitrogen and oxygen atoms in total. The SMILES string of the molecule is OC1COCCC1(O)c1ncc(-c2cc(-c3ccccn3)c3scnc3c2)cn1. The molecule has 8 heteroatoms. The molecule has 146 valence electrons. The Bertz CT molecular complexity index is 1150. The Morgan fingerprint density at radius 2 is 1.93 bits per heavy atom. The van der Waals surface area contributed by atoms with Gasteiger partial charge in [-0.15, -0.1) is 11.3 Å². The first-order valence-electron chi connectivity index (χ1n) is 9.25. The molecule has 1 aliphatic heterocycles. The normalized spacial score (nSPS) is 22.1. The Balaban J connectivity index is 1.56. The highest BCUT2D eigenvalue weighted by Crippen LogP contribution is 2.35. The molecule has 5 rings (SSSR count). The fourth-order valence-electron chi connectivity index (χ4n) is 3.54. The molecule has 1 aliphatic rings. The van der Waals surface area contributed by atoms with Crippen molar-refractivity contribution in [3.8, 4) is 22.4 Å². The van der Waals surface area contributed by atoms with Crippen LogP contribution in [0.5, 0.6) is 0 Å². The van der Waals surface area contributed by atoms with E-state index in [-0.39, 0.29) is 18.9 Å². The number of aromatic nitrogens is 4. The Hall–Kier alpha value is -2.78. The molecule has 0 radical (unpaired) electrons. The summed E-state index contributed by atoms with van der Waals surface area (Å²) >= 11 is 1.58. The lowest BCUT2D eigenvalue weighted by atomic mass is 9.90. The third kappa shape index (κ3) is 3.20. The number of pyridine rings is 1. The maximum atomic E-state index is 10.8. The van der Waals surface area contributed by atoms with Gasteiger partial charge in [0.15, 0.2) is 11.4 Å². The van der Waals surface area contributed by atoms with E-state index in [0.29, 0.717) is 6.61 Å². The van der Waals surface area contributed by atoms with Gasteiger partial charge in [-0.25, -0.2) is 15.0 Å². The number of nitrogens with zero attached hydrogens (tertiary/aromatic N) is 4. The van der Waals surface area contributed by atoms with Crippen molar-refractivity contribution in [1.29, 1.82) is 0 Å². The zero-order valence-electron chi connectivity index (χ0n) is 15.4. The van der Waals surface area contributed by atoms with Gasteiger partial charge in [-0.1, -0.05) is 6.07 Å². The number of rotatable bonds is 3. The Morgan fingerprint density at radius 3 is 2.69 bits per heavy atom. The first-order chi connectivity index (χ1) is 14.1. The molecule has 3 aromatic heterocycles. The average Bonchev–Trinajstić information content (AvgIpc) is 3.25. The van der Waals surface area contributed by atoms with Gasteiger partial charge in [0.1, 0.15) is 6.10 Å². The summed E-state index contributed by atoms with van der Waals surface area (Å²) in [6.45, 7) is 0.419. The molecule has 0 bridgehead atoms. The predicted octanol–water partition coefficient (Wildman–Crippen LogP) is 2.78. The van der Waals surface area contributed by atoms with Crippen molar-refractivity contribution in [2.75, 3.05) is 13.2 Å². The van der Waals surface area contributed by atoms with Crippen LogP contribution in [-0.2, 0) is 10.3 Å². The minimum absolute atomic E-state index is 0.0650. The summed E-state index contributed by atoms with van der Waals surface area (Å²) in [6.07, 6.45) is 4.30. The van der Waals surface area contributed by atoms with E-state index in [0.717, 1.165) is 32.6 Å². The second-order valence-electron chi connectivity index (χ2n) is 7.00. The molecular formula is C21H18N4O3S. The van der Waals surface area contributed by atoms with Crippen molar-refractivity contribution < 1.29 is 14.9 Å². The standard InChI is InChI=1S/C21H18N4O3S/c26-18-11-28-6-4-21(18,27)20-23-9-14(10-24-20)13-7-15(16-3-1-2-5-22-16)19-17(8-13)25-12-29-19/h1-3,5,7-10,12,18,26-27H,4,6,11H2. The van der Waals surface area contributed by atoms with Gasteiger partial charge in [-0.3, -0.25) is 4.98 Å². The van der Waals surface area contributed by atoms with E-state index in [9.17, 15) is 10.2 Å². The molecule has 2 atom stereocenters. The summed E-state index contributed by atoms with van der Waals surface area (Å²) in [5.41, 5.74) is 4.80. The van der Waals surface area contributed by atoms with Gasteiger partial charge in [0, 0.05) is 42.7 Å². The molecule has 1 saturated heterocycles. The number of hydrogen-bond acceptors (Lipinski definition) is 8. The van der Waals surface area contributed by atoms with Crippen LogP contribution in [0.4, 0.5) is 0 Å². The smallest absolute Gasteiger partial charge is 0.162 e. The van der Waals surface area contributed by atoms with Crippen LogP contribution < -0.4 is 0 Å². The minimum Gasteiger partial charge on any atom is -0.387 e. The highest BCUT2D eigenvalue weighted by molar-refractivity contribution is 7.17. The Morgan fingerprint density at radius 1 is 1.07 bits per heavy atom. The first-order valence-corrected chi connectivity index (χ1v) is 10.1. The number of fused-ring (bicyclic) bond motifs is 1.